The molecule has 0 aromatic heterocycles. The standard InChI is InChI=1S/C27H34F3N3O3S/c28-27(29,30)23-7-4-8-24(17-23)32-26(34)22-9-11-25(12-10-22)37(35,36)31-18-20-13-15-33(16-14-20)19-21-5-2-1-3-6-21/h4,7-12,17,20-21,31H,1-3,5-6,13-16,18-19H2,(H,32,34). The van der Waals surface area contributed by atoms with Gasteiger partial charge in [-0.05, 0) is 93.1 Å². The number of anilines is 1. The summed E-state index contributed by atoms with van der Waals surface area (Å²) in [7, 11) is -3.74. The van der Waals surface area contributed by atoms with Crippen LogP contribution in [0.5, 0.6) is 0 Å². The highest BCUT2D eigenvalue weighted by molar-refractivity contribution is 7.89. The summed E-state index contributed by atoms with van der Waals surface area (Å²) < 4.78 is 66.9. The third kappa shape index (κ3) is 7.78. The van der Waals surface area contributed by atoms with Crippen molar-refractivity contribution >= 4 is 21.6 Å². The van der Waals surface area contributed by atoms with Crippen molar-refractivity contribution in [2.45, 2.75) is 56.0 Å². The molecular formula is C27H34F3N3O3S. The Hall–Kier alpha value is -2.43. The van der Waals surface area contributed by atoms with E-state index in [1.54, 1.807) is 0 Å². The van der Waals surface area contributed by atoms with Crippen LogP contribution in [0.1, 0.15) is 60.9 Å². The van der Waals surface area contributed by atoms with Gasteiger partial charge in [0.05, 0.1) is 10.5 Å². The summed E-state index contributed by atoms with van der Waals surface area (Å²) in [6, 6.07) is 9.69. The summed E-state index contributed by atoms with van der Waals surface area (Å²) in [5, 5.41) is 2.42. The molecular weight excluding hydrogens is 503 g/mol. The number of sulfonamides is 1. The van der Waals surface area contributed by atoms with Crippen molar-refractivity contribution in [1.82, 2.24) is 9.62 Å². The molecule has 2 aromatic rings. The Kier molecular flexibility index (Phi) is 8.92. The number of rotatable bonds is 8. The van der Waals surface area contributed by atoms with Crippen molar-refractivity contribution in [2.75, 3.05) is 31.5 Å². The molecule has 2 aliphatic rings. The third-order valence-electron chi connectivity index (χ3n) is 7.38. The molecule has 2 aromatic carbocycles. The van der Waals surface area contributed by atoms with E-state index in [4.69, 9.17) is 0 Å². The molecule has 1 aliphatic carbocycles. The third-order valence-corrected chi connectivity index (χ3v) is 8.82. The quantitative estimate of drug-likeness (QED) is 0.464. The van der Waals surface area contributed by atoms with E-state index in [0.717, 1.165) is 50.5 Å². The van der Waals surface area contributed by atoms with Crippen molar-refractivity contribution in [3.63, 3.8) is 0 Å². The number of halogens is 3. The highest BCUT2D eigenvalue weighted by Gasteiger charge is 2.30. The molecule has 0 bridgehead atoms. The number of piperidine rings is 1. The topological polar surface area (TPSA) is 78.5 Å². The highest BCUT2D eigenvalue weighted by atomic mass is 32.2. The molecule has 1 saturated heterocycles. The van der Waals surface area contributed by atoms with Crippen LogP contribution in [0.4, 0.5) is 18.9 Å². The van der Waals surface area contributed by atoms with Gasteiger partial charge in [-0.3, -0.25) is 4.79 Å². The number of nitrogens with zero attached hydrogens (tertiary/aromatic N) is 1. The molecule has 1 amide bonds. The molecule has 2 fully saturated rings. The first-order chi connectivity index (χ1) is 17.6. The zero-order valence-electron chi connectivity index (χ0n) is 20.8. The second-order valence-corrected chi connectivity index (χ2v) is 11.9. The van der Waals surface area contributed by atoms with Crippen LogP contribution in [0, 0.1) is 11.8 Å². The number of carbonyl (C=O) groups excluding carboxylic acids is 1. The van der Waals surface area contributed by atoms with Gasteiger partial charge in [-0.15, -0.1) is 0 Å². The largest absolute Gasteiger partial charge is 0.416 e. The zero-order valence-corrected chi connectivity index (χ0v) is 21.6. The van der Waals surface area contributed by atoms with Gasteiger partial charge in [-0.25, -0.2) is 13.1 Å². The highest BCUT2D eigenvalue weighted by Crippen LogP contribution is 2.31. The zero-order chi connectivity index (χ0) is 26.5. The van der Waals surface area contributed by atoms with Crippen LogP contribution in [0.25, 0.3) is 0 Å². The predicted octanol–water partition coefficient (Wildman–Crippen LogP) is 5.53. The predicted molar refractivity (Wildman–Crippen MR) is 137 cm³/mol. The molecule has 0 radical (unpaired) electrons. The van der Waals surface area contributed by atoms with Crippen LogP contribution in [-0.4, -0.2) is 45.4 Å². The minimum absolute atomic E-state index is 0.00276. The molecule has 1 saturated carbocycles. The normalized spacial score (nSPS) is 18.6. The maximum Gasteiger partial charge on any atom is 0.416 e. The van der Waals surface area contributed by atoms with E-state index in [1.807, 2.05) is 0 Å². The number of hydrogen-bond acceptors (Lipinski definition) is 4. The smallest absolute Gasteiger partial charge is 0.322 e. The van der Waals surface area contributed by atoms with E-state index in [0.29, 0.717) is 6.54 Å². The fraction of sp³-hybridized carbons (Fsp3) is 0.519. The van der Waals surface area contributed by atoms with E-state index in [9.17, 15) is 26.4 Å². The molecule has 0 atom stereocenters. The molecule has 0 unspecified atom stereocenters. The summed E-state index contributed by atoms with van der Waals surface area (Å²) in [6.07, 6.45) is 4.09. The van der Waals surface area contributed by atoms with Gasteiger partial charge in [-0.2, -0.15) is 13.2 Å². The summed E-state index contributed by atoms with van der Waals surface area (Å²) in [4.78, 5) is 15.0. The molecule has 202 valence electrons. The van der Waals surface area contributed by atoms with Gasteiger partial charge in [0.1, 0.15) is 0 Å². The maximum atomic E-state index is 12.9. The lowest BCUT2D eigenvalue weighted by Crippen LogP contribution is -2.40. The molecule has 10 heteroatoms. The first kappa shape index (κ1) is 27.6. The number of nitrogens with one attached hydrogen (secondary N) is 2. The SMILES string of the molecule is O=C(Nc1cccc(C(F)(F)F)c1)c1ccc(S(=O)(=O)NCC2CCN(CC3CCCCC3)CC2)cc1. The Morgan fingerprint density at radius 3 is 2.24 bits per heavy atom. The van der Waals surface area contributed by atoms with E-state index in [1.165, 1.54) is 68.5 Å². The molecule has 1 heterocycles. The van der Waals surface area contributed by atoms with Gasteiger partial charge in [0, 0.05) is 24.3 Å². The second kappa shape index (κ2) is 12.0. The molecule has 37 heavy (non-hydrogen) atoms. The van der Waals surface area contributed by atoms with E-state index < -0.39 is 27.7 Å². The van der Waals surface area contributed by atoms with Crippen LogP contribution >= 0.6 is 0 Å². The first-order valence-corrected chi connectivity index (χ1v) is 14.4. The summed E-state index contributed by atoms with van der Waals surface area (Å²) in [6.45, 7) is 3.53. The summed E-state index contributed by atoms with van der Waals surface area (Å²) in [5.74, 6) is 0.463. The lowest BCUT2D eigenvalue weighted by molar-refractivity contribution is -0.137. The van der Waals surface area contributed by atoms with Crippen LogP contribution in [0.15, 0.2) is 53.4 Å². The molecule has 2 N–H and O–H groups in total. The molecule has 1 aliphatic heterocycles. The Morgan fingerprint density at radius 1 is 0.919 bits per heavy atom. The Balaban J connectivity index is 1.26. The van der Waals surface area contributed by atoms with Crippen molar-refractivity contribution in [3.05, 3.63) is 59.7 Å². The molecule has 0 spiro atoms. The number of likely N-dealkylation sites (tertiary alicyclic amines) is 1. The average molecular weight is 538 g/mol. The number of amides is 1. The average Bonchev–Trinajstić information content (AvgIpc) is 2.89. The molecule has 4 rings (SSSR count). The lowest BCUT2D eigenvalue weighted by Gasteiger charge is -2.35. The number of benzene rings is 2. The van der Waals surface area contributed by atoms with Crippen molar-refractivity contribution in [1.29, 1.82) is 0 Å². The Bertz CT molecular complexity index is 1160. The van der Waals surface area contributed by atoms with E-state index >= 15 is 0 Å². The van der Waals surface area contributed by atoms with Crippen LogP contribution in [0.3, 0.4) is 0 Å². The molecule has 6 nitrogen and oxygen atoms in total. The Morgan fingerprint density at radius 2 is 1.59 bits per heavy atom. The fourth-order valence-corrected chi connectivity index (χ4v) is 6.30. The minimum atomic E-state index is -4.52. The monoisotopic (exact) mass is 537 g/mol. The summed E-state index contributed by atoms with van der Waals surface area (Å²) in [5.41, 5.74) is -0.725. The van der Waals surface area contributed by atoms with Crippen LogP contribution in [-0.2, 0) is 16.2 Å². The fourth-order valence-electron chi connectivity index (χ4n) is 5.18. The van der Waals surface area contributed by atoms with E-state index in [-0.39, 0.29) is 22.1 Å². The number of hydrogen-bond donors (Lipinski definition) is 2. The Labute approximate surface area is 216 Å². The van der Waals surface area contributed by atoms with Crippen LogP contribution < -0.4 is 10.0 Å². The van der Waals surface area contributed by atoms with Gasteiger partial charge < -0.3 is 10.2 Å². The van der Waals surface area contributed by atoms with Gasteiger partial charge in [0.25, 0.3) is 5.91 Å². The number of alkyl halides is 3. The van der Waals surface area contributed by atoms with Crippen molar-refractivity contribution < 1.29 is 26.4 Å². The van der Waals surface area contributed by atoms with Crippen molar-refractivity contribution in [3.8, 4) is 0 Å². The van der Waals surface area contributed by atoms with Gasteiger partial charge in [0.15, 0.2) is 0 Å². The summed E-state index contributed by atoms with van der Waals surface area (Å²) >= 11 is 0. The maximum absolute atomic E-state index is 12.9. The van der Waals surface area contributed by atoms with Gasteiger partial charge in [-0.1, -0.05) is 25.3 Å². The minimum Gasteiger partial charge on any atom is -0.322 e. The van der Waals surface area contributed by atoms with Crippen LogP contribution in [0.2, 0.25) is 0 Å². The van der Waals surface area contributed by atoms with Crippen molar-refractivity contribution in [2.24, 2.45) is 11.8 Å². The van der Waals surface area contributed by atoms with E-state index in [2.05, 4.69) is 14.9 Å². The first-order valence-electron chi connectivity index (χ1n) is 12.9. The second-order valence-electron chi connectivity index (χ2n) is 10.2. The van der Waals surface area contributed by atoms with Gasteiger partial charge in [0.2, 0.25) is 10.0 Å². The van der Waals surface area contributed by atoms with Gasteiger partial charge >= 0.3 is 6.18 Å². The number of carbonyl (C=O) groups is 1. The lowest BCUT2D eigenvalue weighted by atomic mass is 9.88.